The van der Waals surface area contributed by atoms with E-state index in [1.807, 2.05) is 0 Å². The van der Waals surface area contributed by atoms with E-state index in [1.165, 1.54) is 0 Å². The van der Waals surface area contributed by atoms with E-state index >= 15 is 0 Å². The molecule has 1 aliphatic carbocycles. The van der Waals surface area contributed by atoms with Crippen LogP contribution in [0.1, 0.15) is 40.5 Å². The first-order chi connectivity index (χ1) is 5.99. The predicted molar refractivity (Wildman–Crippen MR) is 54.2 cm³/mol. The third-order valence-corrected chi connectivity index (χ3v) is 2.94. The molecule has 1 N–H and O–H groups in total. The minimum atomic E-state index is -0.205. The molecule has 0 atom stereocenters. The minimum Gasteiger partial charge on any atom is -0.297 e. The number of rotatable bonds is 3. The summed E-state index contributed by atoms with van der Waals surface area (Å²) in [5.41, 5.74) is -0.205. The van der Waals surface area contributed by atoms with Crippen molar-refractivity contribution in [2.24, 2.45) is 11.8 Å². The Morgan fingerprint density at radius 2 is 1.85 bits per heavy atom. The van der Waals surface area contributed by atoms with Crippen LogP contribution in [0.15, 0.2) is 0 Å². The molecule has 1 rings (SSSR count). The Bertz CT molecular complexity index is 207. The van der Waals surface area contributed by atoms with Crippen LogP contribution >= 0.6 is 0 Å². The van der Waals surface area contributed by atoms with Gasteiger partial charge in [0, 0.05) is 6.04 Å². The Hall–Kier alpha value is -0.550. The molecule has 0 aromatic carbocycles. The Morgan fingerprint density at radius 1 is 1.31 bits per heavy atom. The maximum absolute atomic E-state index is 9.07. The van der Waals surface area contributed by atoms with Gasteiger partial charge in [0.05, 0.1) is 6.07 Å². The predicted octanol–water partition coefficient (Wildman–Crippen LogP) is 2.31. The van der Waals surface area contributed by atoms with Crippen LogP contribution in [0.4, 0.5) is 0 Å². The maximum Gasteiger partial charge on any atom is 0.107 e. The molecule has 0 radical (unpaired) electrons. The molecule has 2 heteroatoms. The van der Waals surface area contributed by atoms with E-state index in [0.29, 0.717) is 6.04 Å². The highest BCUT2D eigenvalue weighted by Gasteiger charge is 2.45. The van der Waals surface area contributed by atoms with Crippen molar-refractivity contribution >= 4 is 0 Å². The van der Waals surface area contributed by atoms with E-state index in [4.69, 9.17) is 5.26 Å². The SMILES string of the molecule is CC(C)NC1(C#N)CC(C(C)C)C1. The number of hydrogen-bond acceptors (Lipinski definition) is 2. The molecule has 0 amide bonds. The molecule has 2 nitrogen and oxygen atoms in total. The van der Waals surface area contributed by atoms with Crippen LogP contribution in [-0.2, 0) is 0 Å². The summed E-state index contributed by atoms with van der Waals surface area (Å²) in [5.74, 6) is 1.46. The summed E-state index contributed by atoms with van der Waals surface area (Å²) in [4.78, 5) is 0. The van der Waals surface area contributed by atoms with Crippen molar-refractivity contribution in [3.8, 4) is 6.07 Å². The van der Waals surface area contributed by atoms with Crippen LogP contribution in [0, 0.1) is 23.2 Å². The number of nitrogens with one attached hydrogen (secondary N) is 1. The van der Waals surface area contributed by atoms with E-state index < -0.39 is 0 Å². The summed E-state index contributed by atoms with van der Waals surface area (Å²) >= 11 is 0. The average molecular weight is 180 g/mol. The summed E-state index contributed by atoms with van der Waals surface area (Å²) in [6.45, 7) is 8.67. The lowest BCUT2D eigenvalue weighted by Gasteiger charge is -2.46. The smallest absolute Gasteiger partial charge is 0.107 e. The zero-order valence-electron chi connectivity index (χ0n) is 9.09. The van der Waals surface area contributed by atoms with Crippen molar-refractivity contribution in [1.82, 2.24) is 5.32 Å². The lowest BCUT2D eigenvalue weighted by molar-refractivity contribution is 0.108. The van der Waals surface area contributed by atoms with Crippen molar-refractivity contribution < 1.29 is 0 Å². The van der Waals surface area contributed by atoms with Gasteiger partial charge in [0.2, 0.25) is 0 Å². The van der Waals surface area contributed by atoms with E-state index in [0.717, 1.165) is 24.7 Å². The minimum absolute atomic E-state index is 0.205. The fourth-order valence-corrected chi connectivity index (χ4v) is 2.10. The van der Waals surface area contributed by atoms with E-state index in [9.17, 15) is 0 Å². The lowest BCUT2D eigenvalue weighted by Crippen LogP contribution is -2.57. The molecule has 1 aliphatic rings. The molecule has 1 saturated carbocycles. The second-order valence-corrected chi connectivity index (χ2v) is 4.91. The summed E-state index contributed by atoms with van der Waals surface area (Å²) in [7, 11) is 0. The maximum atomic E-state index is 9.07. The van der Waals surface area contributed by atoms with Gasteiger partial charge in [-0.3, -0.25) is 5.32 Å². The molecule has 0 heterocycles. The summed E-state index contributed by atoms with van der Waals surface area (Å²) in [6.07, 6.45) is 2.05. The van der Waals surface area contributed by atoms with Crippen molar-refractivity contribution in [3.05, 3.63) is 0 Å². The third kappa shape index (κ3) is 2.22. The molecule has 74 valence electrons. The van der Waals surface area contributed by atoms with Crippen LogP contribution in [-0.4, -0.2) is 11.6 Å². The fraction of sp³-hybridized carbons (Fsp3) is 0.909. The first-order valence-electron chi connectivity index (χ1n) is 5.18. The molecule has 0 aromatic heterocycles. The van der Waals surface area contributed by atoms with Crippen molar-refractivity contribution in [2.75, 3.05) is 0 Å². The van der Waals surface area contributed by atoms with Gasteiger partial charge < -0.3 is 0 Å². The highest BCUT2D eigenvalue weighted by Crippen LogP contribution is 2.41. The van der Waals surface area contributed by atoms with Gasteiger partial charge in [-0.2, -0.15) is 5.26 Å². The molecule has 0 aliphatic heterocycles. The highest BCUT2D eigenvalue weighted by atomic mass is 15.0. The van der Waals surface area contributed by atoms with Crippen molar-refractivity contribution in [2.45, 2.75) is 52.1 Å². The molecule has 13 heavy (non-hydrogen) atoms. The quantitative estimate of drug-likeness (QED) is 0.723. The fourth-order valence-electron chi connectivity index (χ4n) is 2.10. The van der Waals surface area contributed by atoms with Crippen LogP contribution in [0.5, 0.6) is 0 Å². The second kappa shape index (κ2) is 3.67. The Labute approximate surface area is 81.3 Å². The first-order valence-corrected chi connectivity index (χ1v) is 5.18. The molecule has 1 fully saturated rings. The van der Waals surface area contributed by atoms with Gasteiger partial charge in [0.25, 0.3) is 0 Å². The van der Waals surface area contributed by atoms with Gasteiger partial charge in [0.1, 0.15) is 5.54 Å². The van der Waals surface area contributed by atoms with Gasteiger partial charge >= 0.3 is 0 Å². The topological polar surface area (TPSA) is 35.8 Å². The Balaban J connectivity index is 2.47. The van der Waals surface area contributed by atoms with E-state index in [1.54, 1.807) is 0 Å². The first kappa shape index (κ1) is 10.5. The van der Waals surface area contributed by atoms with Gasteiger partial charge in [-0.1, -0.05) is 13.8 Å². The summed E-state index contributed by atoms with van der Waals surface area (Å²) in [6, 6.07) is 2.83. The normalized spacial score (nSPS) is 33.2. The molecular weight excluding hydrogens is 160 g/mol. The summed E-state index contributed by atoms with van der Waals surface area (Å²) < 4.78 is 0. The van der Waals surface area contributed by atoms with Crippen LogP contribution < -0.4 is 5.32 Å². The Kier molecular flexibility index (Phi) is 2.98. The molecule has 0 unspecified atom stereocenters. The lowest BCUT2D eigenvalue weighted by atomic mass is 9.64. The third-order valence-electron chi connectivity index (χ3n) is 2.94. The number of nitrogens with zero attached hydrogens (tertiary/aromatic N) is 1. The monoisotopic (exact) mass is 180 g/mol. The zero-order chi connectivity index (χ0) is 10.1. The molecular formula is C11H20N2. The average Bonchev–Trinajstić information content (AvgIpc) is 1.94. The molecule has 0 aromatic rings. The van der Waals surface area contributed by atoms with Crippen molar-refractivity contribution in [3.63, 3.8) is 0 Å². The molecule has 0 spiro atoms. The second-order valence-electron chi connectivity index (χ2n) is 4.91. The largest absolute Gasteiger partial charge is 0.297 e. The number of nitriles is 1. The van der Waals surface area contributed by atoms with E-state index in [-0.39, 0.29) is 5.54 Å². The van der Waals surface area contributed by atoms with Gasteiger partial charge in [-0.05, 0) is 38.5 Å². The van der Waals surface area contributed by atoms with Gasteiger partial charge in [-0.15, -0.1) is 0 Å². The van der Waals surface area contributed by atoms with E-state index in [2.05, 4.69) is 39.1 Å². The standard InChI is InChI=1S/C11H20N2/c1-8(2)10-5-11(6-10,7-12)13-9(3)4/h8-10,13H,5-6H2,1-4H3. The zero-order valence-corrected chi connectivity index (χ0v) is 9.09. The van der Waals surface area contributed by atoms with Gasteiger partial charge in [-0.25, -0.2) is 0 Å². The summed E-state index contributed by atoms with van der Waals surface area (Å²) in [5, 5.41) is 12.4. The highest BCUT2D eigenvalue weighted by molar-refractivity contribution is 5.16. The van der Waals surface area contributed by atoms with Crippen LogP contribution in [0.2, 0.25) is 0 Å². The van der Waals surface area contributed by atoms with Crippen molar-refractivity contribution in [1.29, 1.82) is 5.26 Å². The Morgan fingerprint density at radius 3 is 2.15 bits per heavy atom. The number of hydrogen-bond donors (Lipinski definition) is 1. The van der Waals surface area contributed by atoms with Crippen LogP contribution in [0.25, 0.3) is 0 Å². The van der Waals surface area contributed by atoms with Crippen LogP contribution in [0.3, 0.4) is 0 Å². The molecule has 0 bridgehead atoms. The van der Waals surface area contributed by atoms with Gasteiger partial charge in [0.15, 0.2) is 0 Å². The molecule has 0 saturated heterocycles.